The lowest BCUT2D eigenvalue weighted by Gasteiger charge is -2.36. The molecule has 13 heteroatoms. The van der Waals surface area contributed by atoms with Crippen LogP contribution in [0.2, 0.25) is 0 Å². The Hall–Kier alpha value is -2.64. The normalized spacial score (nSPS) is 13.7. The second-order valence-electron chi connectivity index (χ2n) is 11.0. The molecule has 0 aromatic heterocycles. The van der Waals surface area contributed by atoms with Crippen molar-refractivity contribution in [3.8, 4) is 0 Å². The Morgan fingerprint density at radius 2 is 1.57 bits per heavy atom. The molecule has 0 spiro atoms. The van der Waals surface area contributed by atoms with Crippen molar-refractivity contribution >= 4 is 41.4 Å². The first-order chi connectivity index (χ1) is 18.4. The maximum atomic E-state index is 13.7. The van der Waals surface area contributed by atoms with Gasteiger partial charge in [-0.1, -0.05) is 32.9 Å². The number of primary amides is 1. The van der Waals surface area contributed by atoms with Crippen LogP contribution < -0.4 is 16.8 Å². The minimum atomic E-state index is -1.38. The lowest BCUT2D eigenvalue weighted by molar-refractivity contribution is -0.147. The topological polar surface area (TPSA) is 179 Å². The van der Waals surface area contributed by atoms with E-state index in [1.54, 1.807) is 0 Å². The number of nitrogens with two attached hydrogens (primary N) is 2. The second-order valence-corrected chi connectivity index (χ2v) is 12.1. The number of hydrogen-bond acceptors (Lipinski definition) is 8. The molecule has 230 valence electrons. The number of amides is 6. The van der Waals surface area contributed by atoms with E-state index in [9.17, 15) is 29.1 Å². The largest absolute Gasteiger partial charge is 0.390 e. The van der Waals surface area contributed by atoms with Crippen LogP contribution in [0.4, 0.5) is 4.79 Å². The van der Waals surface area contributed by atoms with E-state index >= 15 is 0 Å². The predicted octanol–water partition coefficient (Wildman–Crippen LogP) is 0.918. The van der Waals surface area contributed by atoms with Gasteiger partial charge in [0, 0.05) is 52.0 Å². The summed E-state index contributed by atoms with van der Waals surface area (Å²) in [4.78, 5) is 68.4. The van der Waals surface area contributed by atoms with Crippen molar-refractivity contribution in [1.82, 2.24) is 20.0 Å². The average Bonchev–Trinajstić information content (AvgIpc) is 2.85. The molecule has 40 heavy (non-hydrogen) atoms. The van der Waals surface area contributed by atoms with E-state index in [0.717, 1.165) is 9.80 Å². The highest BCUT2D eigenvalue weighted by Gasteiger charge is 2.38. The number of imide groups is 1. The molecule has 0 radical (unpaired) electrons. The van der Waals surface area contributed by atoms with Gasteiger partial charge in [0.2, 0.25) is 17.7 Å². The van der Waals surface area contributed by atoms with Crippen LogP contribution in [0.1, 0.15) is 60.3 Å². The van der Waals surface area contributed by atoms with E-state index in [2.05, 4.69) is 11.9 Å². The Morgan fingerprint density at radius 3 is 2.02 bits per heavy atom. The molecule has 0 aromatic carbocycles. The van der Waals surface area contributed by atoms with Crippen molar-refractivity contribution in [1.29, 1.82) is 0 Å². The summed E-state index contributed by atoms with van der Waals surface area (Å²) in [5.74, 6) is -1.48. The van der Waals surface area contributed by atoms with Crippen molar-refractivity contribution in [3.05, 3.63) is 12.2 Å². The minimum Gasteiger partial charge on any atom is -0.390 e. The first-order valence-corrected chi connectivity index (χ1v) is 14.6. The second kappa shape index (κ2) is 17.2. The summed E-state index contributed by atoms with van der Waals surface area (Å²) >= 11 is 1.40. The van der Waals surface area contributed by atoms with Crippen molar-refractivity contribution in [2.24, 2.45) is 17.4 Å². The van der Waals surface area contributed by atoms with Crippen LogP contribution >= 0.6 is 11.8 Å². The summed E-state index contributed by atoms with van der Waals surface area (Å²) in [6.45, 7) is 12.9. The van der Waals surface area contributed by atoms with Gasteiger partial charge in [0.15, 0.2) is 0 Å². The fourth-order valence-electron chi connectivity index (χ4n) is 3.79. The van der Waals surface area contributed by atoms with Gasteiger partial charge in [-0.05, 0) is 32.6 Å². The molecule has 0 fully saturated rings. The minimum absolute atomic E-state index is 0.0501. The van der Waals surface area contributed by atoms with Crippen LogP contribution in [0, 0.1) is 5.92 Å². The molecule has 6 N–H and O–H groups in total. The number of nitrogens with zero attached hydrogens (tertiary/aromatic N) is 3. The first kappa shape index (κ1) is 37.4. The van der Waals surface area contributed by atoms with Crippen molar-refractivity contribution in [2.75, 3.05) is 39.2 Å². The highest BCUT2D eigenvalue weighted by atomic mass is 32.2. The summed E-state index contributed by atoms with van der Waals surface area (Å²) in [5, 5.41) is 12.8. The Morgan fingerprint density at radius 1 is 1.00 bits per heavy atom. The molecule has 0 aliphatic carbocycles. The quantitative estimate of drug-likeness (QED) is 0.143. The summed E-state index contributed by atoms with van der Waals surface area (Å²) in [5.41, 5.74) is 10.4. The Balaban J connectivity index is 6.07. The Labute approximate surface area is 243 Å². The molecule has 0 aromatic rings. The number of aliphatic hydroxyl groups is 1. The zero-order valence-corrected chi connectivity index (χ0v) is 26.2. The zero-order valence-electron chi connectivity index (χ0n) is 25.4. The fraction of sp³-hybridized carbons (Fsp3) is 0.741. The number of carbonyl (C=O) groups excluding carboxylic acids is 5. The van der Waals surface area contributed by atoms with Crippen molar-refractivity contribution in [3.63, 3.8) is 0 Å². The van der Waals surface area contributed by atoms with Gasteiger partial charge in [0.1, 0.15) is 18.1 Å². The van der Waals surface area contributed by atoms with E-state index in [-0.39, 0.29) is 36.8 Å². The molecule has 0 aliphatic heterocycles. The van der Waals surface area contributed by atoms with Gasteiger partial charge in [0.05, 0.1) is 5.60 Å². The standard InChI is InChI=1S/C27H50N6O6S/c1-10-11-22(34)31(7)21(16-40-13-12-28)25(37)32(8)20(15-27(5,6)39)24(36)30-26(38)33(9)19(23(29)35)14-18(4)17(2)3/h17,19-21,39H,4,10-16,28H2,1-3,5-9H3,(H2,29,35)(H,30,36,38)/t19-,20+,21-/m1/s1. The van der Waals surface area contributed by atoms with E-state index in [1.807, 2.05) is 20.8 Å². The van der Waals surface area contributed by atoms with Crippen LogP contribution in [0.3, 0.4) is 0 Å². The fourth-order valence-corrected chi connectivity index (χ4v) is 4.71. The molecule has 12 nitrogen and oxygen atoms in total. The molecule has 0 saturated heterocycles. The number of thioether (sulfide) groups is 1. The van der Waals surface area contributed by atoms with Gasteiger partial charge in [-0.25, -0.2) is 4.79 Å². The van der Waals surface area contributed by atoms with Gasteiger partial charge in [-0.3, -0.25) is 24.5 Å². The number of urea groups is 1. The van der Waals surface area contributed by atoms with Gasteiger partial charge >= 0.3 is 6.03 Å². The number of rotatable bonds is 17. The molecule has 0 bridgehead atoms. The van der Waals surface area contributed by atoms with Crippen LogP contribution in [0.15, 0.2) is 12.2 Å². The molecule has 0 rings (SSSR count). The Bertz CT molecular complexity index is 906. The van der Waals surface area contributed by atoms with Crippen molar-refractivity contribution < 1.29 is 29.1 Å². The summed E-state index contributed by atoms with van der Waals surface area (Å²) < 4.78 is 0. The molecular formula is C27H50N6O6S. The number of carbonyl (C=O) groups is 5. The van der Waals surface area contributed by atoms with Gasteiger partial charge in [-0.2, -0.15) is 11.8 Å². The summed E-state index contributed by atoms with van der Waals surface area (Å²) in [6, 6.07) is -4.09. The summed E-state index contributed by atoms with van der Waals surface area (Å²) in [7, 11) is 4.27. The predicted molar refractivity (Wildman–Crippen MR) is 158 cm³/mol. The summed E-state index contributed by atoms with van der Waals surface area (Å²) in [6.07, 6.45) is 0.782. The number of likely N-dealkylation sites (N-methyl/N-ethyl adjacent to an activating group) is 3. The molecule has 6 amide bonds. The highest BCUT2D eigenvalue weighted by Crippen LogP contribution is 2.20. The molecule has 0 aliphatic rings. The van der Waals surface area contributed by atoms with Gasteiger partial charge < -0.3 is 31.3 Å². The zero-order chi connectivity index (χ0) is 31.4. The first-order valence-electron chi connectivity index (χ1n) is 13.5. The van der Waals surface area contributed by atoms with Crippen LogP contribution in [0.25, 0.3) is 0 Å². The molecule has 0 unspecified atom stereocenters. The molecule has 3 atom stereocenters. The lowest BCUT2D eigenvalue weighted by Crippen LogP contribution is -2.59. The van der Waals surface area contributed by atoms with Crippen LogP contribution in [0.5, 0.6) is 0 Å². The maximum absolute atomic E-state index is 13.7. The number of nitrogens with one attached hydrogen (secondary N) is 1. The third-order valence-electron chi connectivity index (χ3n) is 6.58. The third kappa shape index (κ3) is 12.3. The molecular weight excluding hydrogens is 536 g/mol. The third-order valence-corrected chi connectivity index (χ3v) is 7.65. The Kier molecular flexibility index (Phi) is 16.1. The van der Waals surface area contributed by atoms with Crippen LogP contribution in [-0.2, 0) is 19.2 Å². The van der Waals surface area contributed by atoms with E-state index in [1.165, 1.54) is 51.7 Å². The van der Waals surface area contributed by atoms with Gasteiger partial charge in [0.25, 0.3) is 5.91 Å². The monoisotopic (exact) mass is 586 g/mol. The smallest absolute Gasteiger partial charge is 0.324 e. The van der Waals surface area contributed by atoms with Crippen molar-refractivity contribution in [2.45, 2.75) is 84.0 Å². The molecule has 0 saturated carbocycles. The lowest BCUT2D eigenvalue weighted by atomic mass is 9.96. The molecule has 0 heterocycles. The van der Waals surface area contributed by atoms with E-state index in [4.69, 9.17) is 11.5 Å². The van der Waals surface area contributed by atoms with E-state index in [0.29, 0.717) is 24.3 Å². The SMILES string of the molecule is C=C(C[C@H](C(N)=O)N(C)C(=O)NC(=O)[C@H](CC(C)(C)O)N(C)C(=O)[C@@H](CSCCN)N(C)C(=O)CCC)C(C)C. The van der Waals surface area contributed by atoms with E-state index < -0.39 is 47.5 Å². The average molecular weight is 587 g/mol. The van der Waals surface area contributed by atoms with Crippen LogP contribution in [-0.4, -0.2) is 112 Å². The number of hydrogen-bond donors (Lipinski definition) is 4. The highest BCUT2D eigenvalue weighted by molar-refractivity contribution is 7.99. The van der Waals surface area contributed by atoms with Gasteiger partial charge in [-0.15, -0.1) is 0 Å². The maximum Gasteiger partial charge on any atom is 0.324 e.